The van der Waals surface area contributed by atoms with Gasteiger partial charge in [0.1, 0.15) is 11.3 Å². The van der Waals surface area contributed by atoms with Gasteiger partial charge in [-0.1, -0.05) is 44.6 Å². The van der Waals surface area contributed by atoms with Gasteiger partial charge in [-0.15, -0.1) is 0 Å². The fraction of sp³-hybridized carbons (Fsp3) is 0.412. The van der Waals surface area contributed by atoms with E-state index < -0.39 is 0 Å². The minimum atomic E-state index is 0.540. The summed E-state index contributed by atoms with van der Waals surface area (Å²) < 4.78 is 0. The molecule has 7 heteroatoms. The number of likely N-dealkylation sites (N-methyl/N-ethyl adjacent to an activating group) is 1. The molecule has 3 heterocycles. The van der Waals surface area contributed by atoms with Gasteiger partial charge in [0.25, 0.3) is 0 Å². The lowest BCUT2D eigenvalue weighted by atomic mass is 9.87. The molecule has 2 fully saturated rings. The van der Waals surface area contributed by atoms with Crippen molar-refractivity contribution in [2.24, 2.45) is 5.92 Å². The van der Waals surface area contributed by atoms with Gasteiger partial charge in [0.2, 0.25) is 0 Å². The molecule has 0 unspecified atom stereocenters. The monoisotopic (exact) mass is 551 g/mol. The molecule has 2 aliphatic rings. The number of nitrogens with zero attached hydrogens (tertiary/aromatic N) is 4. The van der Waals surface area contributed by atoms with Crippen LogP contribution in [0.4, 0.5) is 11.4 Å². The van der Waals surface area contributed by atoms with E-state index in [0.29, 0.717) is 12.3 Å². The molecule has 216 valence electrons. The Hall–Kier alpha value is -3.84. The Morgan fingerprint density at radius 1 is 1.12 bits per heavy atom. The van der Waals surface area contributed by atoms with Crippen molar-refractivity contribution >= 4 is 28.0 Å². The standard InChI is InChI=1S/C34H45N7/c1-6-25(20-29(7-2)37-24(3)26-11-9-8-10-12-26)27-13-14-30(35-4)28(19-27)21-33-38-31-22-36-23-32(34(31)39-33)41-17-15-40(5)16-18-41/h6-7,13-14,19-20,22-23,26,35,37H,2-3,8-12,15-18,21H2,1,4-5H3,(H,38,39)/b25-6+,29-20+. The molecule has 0 spiro atoms. The number of allylic oxidation sites excluding steroid dienone is 5. The second kappa shape index (κ2) is 13.2. The first-order valence-electron chi connectivity index (χ1n) is 15.0. The van der Waals surface area contributed by atoms with E-state index in [9.17, 15) is 0 Å². The maximum atomic E-state index is 5.07. The molecular weight excluding hydrogens is 506 g/mol. The molecule has 5 rings (SSSR count). The fourth-order valence-corrected chi connectivity index (χ4v) is 6.06. The highest BCUT2D eigenvalue weighted by atomic mass is 15.3. The topological polar surface area (TPSA) is 72.1 Å². The van der Waals surface area contributed by atoms with Gasteiger partial charge in [0, 0.05) is 56.7 Å². The first-order chi connectivity index (χ1) is 20.0. The van der Waals surface area contributed by atoms with E-state index in [-0.39, 0.29) is 0 Å². The molecule has 1 aliphatic heterocycles. The first-order valence-corrected chi connectivity index (χ1v) is 15.0. The summed E-state index contributed by atoms with van der Waals surface area (Å²) in [5.74, 6) is 1.48. The van der Waals surface area contributed by atoms with Crippen molar-refractivity contribution in [3.8, 4) is 0 Å². The zero-order chi connectivity index (χ0) is 28.8. The van der Waals surface area contributed by atoms with Crippen LogP contribution in [-0.4, -0.2) is 60.1 Å². The summed E-state index contributed by atoms with van der Waals surface area (Å²) in [6.45, 7) is 14.6. The largest absolute Gasteiger partial charge is 0.388 e. The molecule has 0 amide bonds. The average molecular weight is 552 g/mol. The molecule has 1 saturated carbocycles. The lowest BCUT2D eigenvalue weighted by Crippen LogP contribution is -2.44. The van der Waals surface area contributed by atoms with Crippen molar-refractivity contribution in [1.82, 2.24) is 25.2 Å². The summed E-state index contributed by atoms with van der Waals surface area (Å²) in [4.78, 5) is 17.9. The van der Waals surface area contributed by atoms with Gasteiger partial charge in [0.05, 0.1) is 23.6 Å². The van der Waals surface area contributed by atoms with Crippen LogP contribution in [0.5, 0.6) is 0 Å². The van der Waals surface area contributed by atoms with E-state index >= 15 is 0 Å². The minimum absolute atomic E-state index is 0.540. The van der Waals surface area contributed by atoms with E-state index in [4.69, 9.17) is 4.98 Å². The number of imidazole rings is 1. The van der Waals surface area contributed by atoms with Crippen LogP contribution >= 0.6 is 0 Å². The van der Waals surface area contributed by atoms with Crippen LogP contribution in [0.25, 0.3) is 16.6 Å². The fourth-order valence-electron chi connectivity index (χ4n) is 6.06. The summed E-state index contributed by atoms with van der Waals surface area (Å²) in [6, 6.07) is 6.59. The number of hydrogen-bond acceptors (Lipinski definition) is 6. The zero-order valence-electron chi connectivity index (χ0n) is 25.0. The van der Waals surface area contributed by atoms with Crippen molar-refractivity contribution in [2.75, 3.05) is 50.5 Å². The third kappa shape index (κ3) is 6.73. The maximum absolute atomic E-state index is 5.07. The van der Waals surface area contributed by atoms with Gasteiger partial charge in [0.15, 0.2) is 0 Å². The Morgan fingerprint density at radius 3 is 2.61 bits per heavy atom. The summed E-state index contributed by atoms with van der Waals surface area (Å²) in [5.41, 5.74) is 9.75. The minimum Gasteiger partial charge on any atom is -0.388 e. The van der Waals surface area contributed by atoms with Crippen LogP contribution in [0, 0.1) is 5.92 Å². The number of hydrogen-bond donors (Lipinski definition) is 3. The molecule has 3 N–H and O–H groups in total. The lowest BCUT2D eigenvalue weighted by Gasteiger charge is -2.33. The highest BCUT2D eigenvalue weighted by Crippen LogP contribution is 2.30. The smallest absolute Gasteiger partial charge is 0.115 e. The molecule has 7 nitrogen and oxygen atoms in total. The Balaban J connectivity index is 1.38. The molecular formula is C34H45N7. The molecule has 1 aliphatic carbocycles. The van der Waals surface area contributed by atoms with Crippen LogP contribution < -0.4 is 15.5 Å². The highest BCUT2D eigenvalue weighted by Gasteiger charge is 2.20. The number of benzene rings is 1. The van der Waals surface area contributed by atoms with Gasteiger partial charge < -0.3 is 25.4 Å². The second-order valence-electron chi connectivity index (χ2n) is 11.4. The third-order valence-electron chi connectivity index (χ3n) is 8.58. The molecule has 2 aromatic heterocycles. The van der Waals surface area contributed by atoms with Crippen LogP contribution in [0.2, 0.25) is 0 Å². The van der Waals surface area contributed by atoms with E-state index in [0.717, 1.165) is 76.9 Å². The number of aromatic nitrogens is 3. The number of rotatable bonds is 10. The Morgan fingerprint density at radius 2 is 1.90 bits per heavy atom. The summed E-state index contributed by atoms with van der Waals surface area (Å²) in [5, 5.41) is 6.94. The Labute approximate surface area is 245 Å². The third-order valence-corrected chi connectivity index (χ3v) is 8.58. The van der Waals surface area contributed by atoms with Crippen molar-refractivity contribution in [2.45, 2.75) is 45.4 Å². The number of anilines is 2. The van der Waals surface area contributed by atoms with Crippen LogP contribution in [0.3, 0.4) is 0 Å². The van der Waals surface area contributed by atoms with Gasteiger partial charge in [-0.2, -0.15) is 0 Å². The van der Waals surface area contributed by atoms with Crippen molar-refractivity contribution < 1.29 is 0 Å². The van der Waals surface area contributed by atoms with E-state index in [1.165, 1.54) is 37.7 Å². The van der Waals surface area contributed by atoms with Gasteiger partial charge in [-0.3, -0.25) is 4.98 Å². The molecule has 0 bridgehead atoms. The number of H-pyrrole nitrogens is 1. The van der Waals surface area contributed by atoms with E-state index in [1.54, 1.807) is 0 Å². The van der Waals surface area contributed by atoms with Crippen molar-refractivity contribution in [1.29, 1.82) is 0 Å². The summed E-state index contributed by atoms with van der Waals surface area (Å²) >= 11 is 0. The van der Waals surface area contributed by atoms with Crippen molar-refractivity contribution in [3.05, 3.63) is 90.3 Å². The van der Waals surface area contributed by atoms with Gasteiger partial charge >= 0.3 is 0 Å². The number of piperazine rings is 1. The first kappa shape index (κ1) is 28.7. The molecule has 0 radical (unpaired) electrons. The molecule has 41 heavy (non-hydrogen) atoms. The van der Waals surface area contributed by atoms with Gasteiger partial charge in [-0.25, -0.2) is 4.98 Å². The van der Waals surface area contributed by atoms with E-state index in [2.05, 4.69) is 87.9 Å². The number of fused-ring (bicyclic) bond motifs is 1. The van der Waals surface area contributed by atoms with Crippen molar-refractivity contribution in [3.63, 3.8) is 0 Å². The average Bonchev–Trinajstić information content (AvgIpc) is 3.42. The number of nitrogens with one attached hydrogen (secondary N) is 3. The van der Waals surface area contributed by atoms with Gasteiger partial charge in [-0.05, 0) is 73.7 Å². The zero-order valence-corrected chi connectivity index (χ0v) is 25.0. The van der Waals surface area contributed by atoms with Crippen LogP contribution in [-0.2, 0) is 6.42 Å². The number of pyridine rings is 1. The lowest BCUT2D eigenvalue weighted by molar-refractivity contribution is 0.313. The Kier molecular flexibility index (Phi) is 9.24. The number of aromatic amines is 1. The van der Waals surface area contributed by atoms with Crippen LogP contribution in [0.1, 0.15) is 56.0 Å². The molecule has 1 saturated heterocycles. The Bertz CT molecular complexity index is 1430. The molecule has 1 aromatic carbocycles. The highest BCUT2D eigenvalue weighted by molar-refractivity contribution is 5.88. The quantitative estimate of drug-likeness (QED) is 0.250. The molecule has 0 atom stereocenters. The normalized spacial score (nSPS) is 17.6. The maximum Gasteiger partial charge on any atom is 0.115 e. The summed E-state index contributed by atoms with van der Waals surface area (Å²) in [7, 11) is 4.15. The SMILES string of the molecule is C=C/C(=C\C(=C/C)c1ccc(NC)c(Cc2nc3c(N4CCN(C)CC4)cncc3[nH]2)c1)NC(=C)C1CCCCC1. The summed E-state index contributed by atoms with van der Waals surface area (Å²) in [6.07, 6.45) is 17.1. The predicted octanol–water partition coefficient (Wildman–Crippen LogP) is 6.50. The predicted molar refractivity (Wildman–Crippen MR) is 173 cm³/mol. The molecule has 3 aromatic rings. The second-order valence-corrected chi connectivity index (χ2v) is 11.4. The van der Waals surface area contributed by atoms with E-state index in [1.807, 2.05) is 25.5 Å². The van der Waals surface area contributed by atoms with Crippen LogP contribution in [0.15, 0.2) is 73.4 Å².